The molecule has 0 unspecified atom stereocenters. The quantitative estimate of drug-likeness (QED) is 0.532. The molecule has 0 aliphatic carbocycles. The number of morpholine rings is 1. The van der Waals surface area contributed by atoms with E-state index in [1.807, 2.05) is 0 Å². The molecule has 1 aromatic rings. The first-order chi connectivity index (χ1) is 13.1. The molecule has 0 radical (unpaired) electrons. The van der Waals surface area contributed by atoms with Crippen LogP contribution in [-0.2, 0) is 9.47 Å². The Labute approximate surface area is 158 Å². The summed E-state index contributed by atoms with van der Waals surface area (Å²) in [5, 5.41) is 25.5. The summed E-state index contributed by atoms with van der Waals surface area (Å²) in [5.41, 5.74) is 0.638. The van der Waals surface area contributed by atoms with Gasteiger partial charge in [-0.15, -0.1) is 0 Å². The Morgan fingerprint density at radius 3 is 2.59 bits per heavy atom. The molecule has 0 saturated carbocycles. The van der Waals surface area contributed by atoms with Gasteiger partial charge in [0.2, 0.25) is 0 Å². The average molecular weight is 381 g/mol. The first-order valence-electron chi connectivity index (χ1n) is 9.07. The lowest BCUT2D eigenvalue weighted by Crippen LogP contribution is -2.54. The summed E-state index contributed by atoms with van der Waals surface area (Å²) in [4.78, 5) is 14.3. The second-order valence-electron chi connectivity index (χ2n) is 6.59. The molecule has 4 N–H and O–H groups in total. The van der Waals surface area contributed by atoms with Gasteiger partial charge in [-0.25, -0.2) is 4.79 Å². The van der Waals surface area contributed by atoms with Crippen molar-refractivity contribution in [1.82, 2.24) is 10.2 Å². The van der Waals surface area contributed by atoms with Gasteiger partial charge in [-0.05, 0) is 24.3 Å². The summed E-state index contributed by atoms with van der Waals surface area (Å²) < 4.78 is 16.2. The predicted octanol–water partition coefficient (Wildman–Crippen LogP) is -0.362. The summed E-state index contributed by atoms with van der Waals surface area (Å²) in [7, 11) is 1.58. The topological polar surface area (TPSA) is 113 Å². The molecule has 0 aromatic heterocycles. The highest BCUT2D eigenvalue weighted by atomic mass is 16.5. The Hall–Kier alpha value is -1.91. The lowest BCUT2D eigenvalue weighted by molar-refractivity contribution is -0.0214. The zero-order chi connectivity index (χ0) is 19.2. The molecule has 2 aliphatic rings. The minimum Gasteiger partial charge on any atom is -0.497 e. The lowest BCUT2D eigenvalue weighted by Gasteiger charge is -2.36. The van der Waals surface area contributed by atoms with Crippen LogP contribution in [-0.4, -0.2) is 92.1 Å². The van der Waals surface area contributed by atoms with E-state index in [1.54, 1.807) is 31.4 Å². The Morgan fingerprint density at radius 1 is 1.26 bits per heavy atom. The fourth-order valence-corrected chi connectivity index (χ4v) is 3.51. The number of amides is 2. The van der Waals surface area contributed by atoms with Crippen LogP contribution in [0, 0.1) is 0 Å². The average Bonchev–Trinajstić information content (AvgIpc) is 3.03. The van der Waals surface area contributed by atoms with Crippen LogP contribution < -0.4 is 15.4 Å². The van der Waals surface area contributed by atoms with Crippen LogP contribution in [0.15, 0.2) is 24.3 Å². The highest BCUT2D eigenvalue weighted by molar-refractivity contribution is 5.89. The molecule has 1 aromatic carbocycles. The highest BCUT2D eigenvalue weighted by Crippen LogP contribution is 2.26. The molecule has 9 nitrogen and oxygen atoms in total. The summed E-state index contributed by atoms with van der Waals surface area (Å²) in [6.45, 7) is 2.49. The number of aliphatic hydroxyl groups is 2. The van der Waals surface area contributed by atoms with Crippen LogP contribution in [0.25, 0.3) is 0 Å². The van der Waals surface area contributed by atoms with E-state index in [4.69, 9.17) is 14.2 Å². The Morgan fingerprint density at radius 2 is 1.96 bits per heavy atom. The Bertz CT molecular complexity index is 608. The SMILES string of the molecule is COc1ccc(NC(=O)NC[C@@H]2O[C@@H](CO)[C@@H](O)[C@@H]2N2CCOCC2)cc1. The minimum atomic E-state index is -0.815. The first-order valence-corrected chi connectivity index (χ1v) is 9.07. The Kier molecular flexibility index (Phi) is 6.86. The third kappa shape index (κ3) is 4.88. The van der Waals surface area contributed by atoms with E-state index >= 15 is 0 Å². The van der Waals surface area contributed by atoms with Crippen molar-refractivity contribution in [3.8, 4) is 5.75 Å². The van der Waals surface area contributed by atoms with Crippen LogP contribution in [0.2, 0.25) is 0 Å². The number of aliphatic hydroxyl groups excluding tert-OH is 2. The van der Waals surface area contributed by atoms with Crippen molar-refractivity contribution in [2.45, 2.75) is 24.4 Å². The van der Waals surface area contributed by atoms with Crippen LogP contribution in [0.5, 0.6) is 5.75 Å². The van der Waals surface area contributed by atoms with Gasteiger partial charge in [0.1, 0.15) is 18.0 Å². The molecule has 9 heteroatoms. The second-order valence-corrected chi connectivity index (χ2v) is 6.59. The maximum absolute atomic E-state index is 12.2. The fourth-order valence-electron chi connectivity index (χ4n) is 3.51. The third-order valence-electron chi connectivity index (χ3n) is 4.92. The van der Waals surface area contributed by atoms with E-state index in [1.165, 1.54) is 0 Å². The molecule has 150 valence electrons. The zero-order valence-electron chi connectivity index (χ0n) is 15.3. The van der Waals surface area contributed by atoms with Crippen molar-refractivity contribution >= 4 is 11.7 Å². The molecule has 27 heavy (non-hydrogen) atoms. The van der Waals surface area contributed by atoms with Crippen molar-refractivity contribution in [1.29, 1.82) is 0 Å². The number of rotatable bonds is 6. The van der Waals surface area contributed by atoms with E-state index < -0.39 is 18.3 Å². The largest absolute Gasteiger partial charge is 0.497 e. The number of nitrogens with one attached hydrogen (secondary N) is 2. The number of hydrogen-bond acceptors (Lipinski definition) is 7. The molecule has 0 spiro atoms. The standard InChI is InChI=1S/C18H27N3O6/c1-25-13-4-2-12(3-5-13)20-18(24)19-10-14-16(17(23)15(11-22)27-14)21-6-8-26-9-7-21/h2-5,14-17,22-23H,6-11H2,1H3,(H2,19,20,24)/t14-,15-,16+,17+/m0/s1. The molecule has 4 atom stereocenters. The third-order valence-corrected chi connectivity index (χ3v) is 4.92. The molecule has 2 fully saturated rings. The number of urea groups is 1. The number of methoxy groups -OCH3 is 1. The highest BCUT2D eigenvalue weighted by Gasteiger charge is 2.46. The van der Waals surface area contributed by atoms with Crippen molar-refractivity contribution < 1.29 is 29.2 Å². The molecule has 2 heterocycles. The van der Waals surface area contributed by atoms with Gasteiger partial charge in [-0.1, -0.05) is 0 Å². The van der Waals surface area contributed by atoms with Crippen LogP contribution in [0.3, 0.4) is 0 Å². The maximum Gasteiger partial charge on any atom is 0.319 e. The molecular formula is C18H27N3O6. The lowest BCUT2D eigenvalue weighted by atomic mass is 10.0. The summed E-state index contributed by atoms with van der Waals surface area (Å²) in [5.74, 6) is 0.706. The van der Waals surface area contributed by atoms with E-state index in [0.717, 1.165) is 0 Å². The fraction of sp³-hybridized carbons (Fsp3) is 0.611. The number of benzene rings is 1. The summed E-state index contributed by atoms with van der Waals surface area (Å²) >= 11 is 0. The molecule has 2 saturated heterocycles. The van der Waals surface area contributed by atoms with Gasteiger partial charge in [0.25, 0.3) is 0 Å². The smallest absolute Gasteiger partial charge is 0.319 e. The monoisotopic (exact) mass is 381 g/mol. The van der Waals surface area contributed by atoms with Gasteiger partial charge in [-0.3, -0.25) is 4.90 Å². The number of ether oxygens (including phenoxy) is 3. The molecular weight excluding hydrogens is 354 g/mol. The van der Waals surface area contributed by atoms with E-state index in [9.17, 15) is 15.0 Å². The van der Waals surface area contributed by atoms with Gasteiger partial charge in [-0.2, -0.15) is 0 Å². The molecule has 3 rings (SSSR count). The van der Waals surface area contributed by atoms with Crippen LogP contribution >= 0.6 is 0 Å². The number of hydrogen-bond donors (Lipinski definition) is 4. The van der Waals surface area contributed by atoms with Gasteiger partial charge in [0.05, 0.1) is 39.1 Å². The number of carbonyl (C=O) groups is 1. The predicted molar refractivity (Wildman–Crippen MR) is 97.9 cm³/mol. The number of anilines is 1. The van der Waals surface area contributed by atoms with E-state index in [2.05, 4.69) is 15.5 Å². The first kappa shape index (κ1) is 19.8. The van der Waals surface area contributed by atoms with E-state index in [-0.39, 0.29) is 25.2 Å². The maximum atomic E-state index is 12.2. The summed E-state index contributed by atoms with van der Waals surface area (Å²) in [6, 6.07) is 6.33. The van der Waals surface area contributed by atoms with Crippen LogP contribution in [0.4, 0.5) is 10.5 Å². The zero-order valence-corrected chi connectivity index (χ0v) is 15.3. The number of nitrogens with zero attached hydrogens (tertiary/aromatic N) is 1. The van der Waals surface area contributed by atoms with Crippen molar-refractivity contribution in [2.24, 2.45) is 0 Å². The molecule has 2 amide bonds. The van der Waals surface area contributed by atoms with Crippen molar-refractivity contribution in [2.75, 3.05) is 51.9 Å². The van der Waals surface area contributed by atoms with E-state index in [0.29, 0.717) is 37.7 Å². The van der Waals surface area contributed by atoms with Gasteiger partial charge < -0.3 is 35.1 Å². The second kappa shape index (κ2) is 9.34. The molecule has 2 aliphatic heterocycles. The van der Waals surface area contributed by atoms with Gasteiger partial charge >= 0.3 is 6.03 Å². The summed E-state index contributed by atoms with van der Waals surface area (Å²) in [6.07, 6.45) is -1.89. The van der Waals surface area contributed by atoms with Crippen molar-refractivity contribution in [3.05, 3.63) is 24.3 Å². The van der Waals surface area contributed by atoms with Gasteiger partial charge in [0, 0.05) is 25.3 Å². The Balaban J connectivity index is 1.56. The molecule has 0 bridgehead atoms. The minimum absolute atomic E-state index is 0.220. The normalized spacial score (nSPS) is 28.7. The van der Waals surface area contributed by atoms with Crippen molar-refractivity contribution in [3.63, 3.8) is 0 Å². The number of carbonyl (C=O) groups excluding carboxylic acids is 1. The van der Waals surface area contributed by atoms with Crippen LogP contribution in [0.1, 0.15) is 0 Å². The van der Waals surface area contributed by atoms with Gasteiger partial charge in [0.15, 0.2) is 0 Å².